The highest BCUT2D eigenvalue weighted by molar-refractivity contribution is 6.30. The Hall–Kier alpha value is -1.30. The minimum atomic E-state index is -0.619. The van der Waals surface area contributed by atoms with Crippen LogP contribution in [-0.4, -0.2) is 43.5 Å². The van der Waals surface area contributed by atoms with Crippen LogP contribution in [0.15, 0.2) is 24.3 Å². The summed E-state index contributed by atoms with van der Waals surface area (Å²) >= 11 is 5.83. The summed E-state index contributed by atoms with van der Waals surface area (Å²) in [6, 6.07) is 7.03. The zero-order chi connectivity index (χ0) is 15.5. The molecule has 2 N–H and O–H groups in total. The Labute approximate surface area is 130 Å². The Kier molecular flexibility index (Phi) is 8.82. The van der Waals surface area contributed by atoms with E-state index < -0.39 is 6.10 Å². The molecule has 1 atom stereocenters. The highest BCUT2D eigenvalue weighted by Crippen LogP contribution is 2.17. The van der Waals surface area contributed by atoms with Gasteiger partial charge in [-0.05, 0) is 38.1 Å². The van der Waals surface area contributed by atoms with Gasteiger partial charge in [0.2, 0.25) is 0 Å². The van der Waals surface area contributed by atoms with E-state index in [1.165, 1.54) is 0 Å². The molecule has 0 amide bonds. The maximum absolute atomic E-state index is 11.1. The molecular weight excluding hydrogens is 294 g/mol. The number of carbonyl (C=O) groups is 1. The van der Waals surface area contributed by atoms with E-state index in [0.717, 1.165) is 0 Å². The number of esters is 1. The van der Waals surface area contributed by atoms with Gasteiger partial charge in [0.1, 0.15) is 18.5 Å². The van der Waals surface area contributed by atoms with Gasteiger partial charge in [0.15, 0.2) is 0 Å². The average Bonchev–Trinajstić information content (AvgIpc) is 2.45. The van der Waals surface area contributed by atoms with Crippen molar-refractivity contribution in [3.05, 3.63) is 29.3 Å². The van der Waals surface area contributed by atoms with E-state index in [1.54, 1.807) is 31.2 Å². The summed E-state index contributed by atoms with van der Waals surface area (Å²) in [5.74, 6) is 0.438. The Morgan fingerprint density at radius 1 is 1.48 bits per heavy atom. The molecule has 1 rings (SSSR count). The van der Waals surface area contributed by atoms with Crippen LogP contribution in [0, 0.1) is 0 Å². The molecule has 1 unspecified atom stereocenters. The normalized spacial score (nSPS) is 12.0. The van der Waals surface area contributed by atoms with E-state index in [2.05, 4.69) is 5.32 Å². The van der Waals surface area contributed by atoms with Crippen molar-refractivity contribution in [2.45, 2.75) is 25.9 Å². The van der Waals surface area contributed by atoms with Gasteiger partial charge >= 0.3 is 5.97 Å². The lowest BCUT2D eigenvalue weighted by Gasteiger charge is -2.13. The molecule has 0 spiro atoms. The lowest BCUT2D eigenvalue weighted by atomic mass is 10.3. The molecule has 1 aromatic rings. The molecule has 0 aromatic heterocycles. The molecule has 21 heavy (non-hydrogen) atoms. The van der Waals surface area contributed by atoms with Crippen LogP contribution in [0.5, 0.6) is 5.75 Å². The molecule has 0 heterocycles. The van der Waals surface area contributed by atoms with Crippen molar-refractivity contribution in [1.29, 1.82) is 0 Å². The Morgan fingerprint density at radius 2 is 2.29 bits per heavy atom. The van der Waals surface area contributed by atoms with Gasteiger partial charge in [-0.15, -0.1) is 0 Å². The van der Waals surface area contributed by atoms with Crippen LogP contribution in [0.4, 0.5) is 0 Å². The number of benzene rings is 1. The molecule has 1 aromatic carbocycles. The molecule has 6 heteroatoms. The minimum absolute atomic E-state index is 0.186. The second-order valence-electron chi connectivity index (χ2n) is 4.53. The predicted molar refractivity (Wildman–Crippen MR) is 81.7 cm³/mol. The summed E-state index contributed by atoms with van der Waals surface area (Å²) < 4.78 is 10.2. The second-order valence-corrected chi connectivity index (χ2v) is 4.97. The lowest BCUT2D eigenvalue weighted by Crippen LogP contribution is -2.32. The van der Waals surface area contributed by atoms with Gasteiger partial charge in [-0.25, -0.2) is 0 Å². The molecule has 5 nitrogen and oxygen atoms in total. The second kappa shape index (κ2) is 10.4. The standard InChI is InChI=1S/C15H22ClNO4/c1-2-20-15(19)7-4-8-17-10-13(18)11-21-14-6-3-5-12(16)9-14/h3,5-6,9,13,17-18H,2,4,7-8,10-11H2,1H3. The molecule has 0 aliphatic carbocycles. The number of hydrogen-bond acceptors (Lipinski definition) is 5. The van der Waals surface area contributed by atoms with Crippen molar-refractivity contribution < 1.29 is 19.4 Å². The Bertz CT molecular complexity index is 428. The van der Waals surface area contributed by atoms with Gasteiger partial charge in [-0.1, -0.05) is 17.7 Å². The number of ether oxygens (including phenoxy) is 2. The van der Waals surface area contributed by atoms with Gasteiger partial charge in [0.25, 0.3) is 0 Å². The predicted octanol–water partition coefficient (Wildman–Crippen LogP) is 2.01. The van der Waals surface area contributed by atoms with Crippen LogP contribution in [0.1, 0.15) is 19.8 Å². The Balaban J connectivity index is 2.06. The van der Waals surface area contributed by atoms with E-state index in [-0.39, 0.29) is 12.6 Å². The van der Waals surface area contributed by atoms with Crippen molar-refractivity contribution in [2.75, 3.05) is 26.3 Å². The van der Waals surface area contributed by atoms with Crippen LogP contribution in [0.25, 0.3) is 0 Å². The number of carbonyl (C=O) groups excluding carboxylic acids is 1. The first kappa shape index (κ1) is 17.8. The van der Waals surface area contributed by atoms with Crippen LogP contribution in [0.3, 0.4) is 0 Å². The molecule has 0 saturated heterocycles. The highest BCUT2D eigenvalue weighted by atomic mass is 35.5. The van der Waals surface area contributed by atoms with E-state index in [0.29, 0.717) is 43.3 Å². The van der Waals surface area contributed by atoms with Gasteiger partial charge in [0.05, 0.1) is 6.61 Å². The van der Waals surface area contributed by atoms with Gasteiger partial charge in [0, 0.05) is 18.0 Å². The number of aliphatic hydroxyl groups is 1. The van der Waals surface area contributed by atoms with Crippen LogP contribution >= 0.6 is 11.6 Å². The third-order valence-corrected chi connectivity index (χ3v) is 2.89. The minimum Gasteiger partial charge on any atom is -0.491 e. The largest absolute Gasteiger partial charge is 0.491 e. The molecule has 0 saturated carbocycles. The third-order valence-electron chi connectivity index (χ3n) is 2.66. The van der Waals surface area contributed by atoms with Crippen LogP contribution in [0.2, 0.25) is 5.02 Å². The van der Waals surface area contributed by atoms with E-state index in [9.17, 15) is 9.90 Å². The lowest BCUT2D eigenvalue weighted by molar-refractivity contribution is -0.143. The number of aliphatic hydroxyl groups excluding tert-OH is 1. The van der Waals surface area contributed by atoms with E-state index in [4.69, 9.17) is 21.1 Å². The van der Waals surface area contributed by atoms with Gasteiger partial charge in [-0.2, -0.15) is 0 Å². The number of halogens is 1. The first-order valence-electron chi connectivity index (χ1n) is 7.04. The van der Waals surface area contributed by atoms with Gasteiger partial charge in [-0.3, -0.25) is 4.79 Å². The fourth-order valence-corrected chi connectivity index (χ4v) is 1.85. The first-order chi connectivity index (χ1) is 10.1. The maximum atomic E-state index is 11.1. The summed E-state index contributed by atoms with van der Waals surface area (Å²) in [6.07, 6.45) is 0.447. The monoisotopic (exact) mass is 315 g/mol. The van der Waals surface area contributed by atoms with Crippen LogP contribution in [-0.2, 0) is 9.53 Å². The van der Waals surface area contributed by atoms with E-state index >= 15 is 0 Å². The highest BCUT2D eigenvalue weighted by Gasteiger charge is 2.06. The summed E-state index contributed by atoms with van der Waals surface area (Å²) in [6.45, 7) is 3.43. The van der Waals surface area contributed by atoms with Crippen molar-refractivity contribution in [3.8, 4) is 5.75 Å². The summed E-state index contributed by atoms with van der Waals surface area (Å²) in [5.41, 5.74) is 0. The molecule has 0 aliphatic rings. The van der Waals surface area contributed by atoms with Crippen molar-refractivity contribution >= 4 is 17.6 Å². The van der Waals surface area contributed by atoms with Crippen molar-refractivity contribution in [2.24, 2.45) is 0 Å². The maximum Gasteiger partial charge on any atom is 0.305 e. The summed E-state index contributed by atoms with van der Waals surface area (Å²) in [4.78, 5) is 11.1. The fraction of sp³-hybridized carbons (Fsp3) is 0.533. The molecule has 0 aliphatic heterocycles. The molecule has 118 valence electrons. The molecule has 0 radical (unpaired) electrons. The number of rotatable bonds is 10. The number of nitrogens with one attached hydrogen (secondary N) is 1. The zero-order valence-corrected chi connectivity index (χ0v) is 12.9. The average molecular weight is 316 g/mol. The van der Waals surface area contributed by atoms with Crippen LogP contribution < -0.4 is 10.1 Å². The Morgan fingerprint density at radius 3 is 3.00 bits per heavy atom. The number of hydrogen-bond donors (Lipinski definition) is 2. The van der Waals surface area contributed by atoms with E-state index in [1.807, 2.05) is 0 Å². The SMILES string of the molecule is CCOC(=O)CCCNCC(O)COc1cccc(Cl)c1. The summed E-state index contributed by atoms with van der Waals surface area (Å²) in [7, 11) is 0. The molecule has 0 bridgehead atoms. The third kappa shape index (κ3) is 8.55. The first-order valence-corrected chi connectivity index (χ1v) is 7.42. The van der Waals surface area contributed by atoms with Crippen molar-refractivity contribution in [1.82, 2.24) is 5.32 Å². The van der Waals surface area contributed by atoms with Gasteiger partial charge < -0.3 is 19.9 Å². The summed E-state index contributed by atoms with van der Waals surface area (Å²) in [5, 5.41) is 13.4. The molecule has 0 fully saturated rings. The topological polar surface area (TPSA) is 67.8 Å². The zero-order valence-electron chi connectivity index (χ0n) is 12.2. The van der Waals surface area contributed by atoms with Crippen molar-refractivity contribution in [3.63, 3.8) is 0 Å². The fourth-order valence-electron chi connectivity index (χ4n) is 1.67. The quantitative estimate of drug-likeness (QED) is 0.511. The molecular formula is C15H22ClNO4. The smallest absolute Gasteiger partial charge is 0.305 e.